The second-order valence-corrected chi connectivity index (χ2v) is 7.01. The van der Waals surface area contributed by atoms with E-state index in [2.05, 4.69) is 20.1 Å². The predicted molar refractivity (Wildman–Crippen MR) is 115 cm³/mol. The van der Waals surface area contributed by atoms with Crippen LogP contribution in [0.25, 0.3) is 10.9 Å². The van der Waals surface area contributed by atoms with Crippen molar-refractivity contribution in [2.75, 3.05) is 12.8 Å². The molecular formula is C21H24N6O2. The molecule has 0 radical (unpaired) electrons. The Morgan fingerprint density at radius 2 is 1.97 bits per heavy atom. The van der Waals surface area contributed by atoms with Gasteiger partial charge in [0.2, 0.25) is 0 Å². The first-order valence-corrected chi connectivity index (χ1v) is 9.03. The summed E-state index contributed by atoms with van der Waals surface area (Å²) in [5.74, 6) is 6.57. The number of ether oxygens (including phenoxy) is 1. The highest BCUT2D eigenvalue weighted by Gasteiger charge is 2.17. The van der Waals surface area contributed by atoms with Crippen molar-refractivity contribution in [1.29, 1.82) is 0 Å². The maximum Gasteiger partial charge on any atom is 0.145 e. The van der Waals surface area contributed by atoms with Gasteiger partial charge in [-0.3, -0.25) is 9.98 Å². The van der Waals surface area contributed by atoms with Gasteiger partial charge in [-0.2, -0.15) is 5.10 Å². The second kappa shape index (κ2) is 8.24. The summed E-state index contributed by atoms with van der Waals surface area (Å²) in [5, 5.41) is 14.8. The maximum atomic E-state index is 10.1. The molecule has 0 atom stereocenters. The molecule has 0 saturated heterocycles. The number of fused-ring (bicyclic) bond motifs is 1. The number of benzene rings is 1. The van der Waals surface area contributed by atoms with Crippen molar-refractivity contribution in [3.63, 3.8) is 0 Å². The molecule has 3 aromatic rings. The number of methoxy groups -OCH3 is 1. The van der Waals surface area contributed by atoms with E-state index in [-0.39, 0.29) is 0 Å². The molecular weight excluding hydrogens is 368 g/mol. The number of aromatic nitrogens is 2. The summed E-state index contributed by atoms with van der Waals surface area (Å²) < 4.78 is 5.38. The van der Waals surface area contributed by atoms with Gasteiger partial charge in [0.25, 0.3) is 0 Å². The number of aliphatic imine (C=N–C) groups is 1. The van der Waals surface area contributed by atoms with Gasteiger partial charge in [0, 0.05) is 17.2 Å². The first kappa shape index (κ1) is 20.2. The number of hydrogen-bond acceptors (Lipinski definition) is 8. The molecule has 0 fully saturated rings. The Kier molecular flexibility index (Phi) is 5.74. The summed E-state index contributed by atoms with van der Waals surface area (Å²) in [6, 6.07) is 12.7. The summed E-state index contributed by atoms with van der Waals surface area (Å²) in [6.07, 6.45) is 1.58. The lowest BCUT2D eigenvalue weighted by molar-refractivity contribution is 0.0736. The third-order valence-corrected chi connectivity index (χ3v) is 4.36. The average molecular weight is 392 g/mol. The molecule has 2 heterocycles. The second-order valence-electron chi connectivity index (χ2n) is 7.01. The van der Waals surface area contributed by atoms with Gasteiger partial charge in [-0.15, -0.1) is 0 Å². The number of nitrogen functional groups attached to an aromatic ring is 1. The number of nitrogens with two attached hydrogens (primary N) is 2. The number of para-hydroxylation sites is 1. The molecule has 0 unspecified atom stereocenters. The molecule has 2 aromatic heterocycles. The monoisotopic (exact) mass is 392 g/mol. The Hall–Kier alpha value is -3.52. The van der Waals surface area contributed by atoms with E-state index in [1.807, 2.05) is 30.3 Å². The minimum Gasteiger partial charge on any atom is -0.494 e. The lowest BCUT2D eigenvalue weighted by atomic mass is 10.0. The molecule has 0 saturated carbocycles. The number of hydrazone groups is 1. The lowest BCUT2D eigenvalue weighted by Gasteiger charge is -2.16. The molecule has 0 aliphatic heterocycles. The van der Waals surface area contributed by atoms with Gasteiger partial charge in [0.15, 0.2) is 0 Å². The SMILES string of the molecule is COc1cccc2c(C(C=NCc3cccc(C(C)(C)O)n3)=NN)cc(N)nc12. The van der Waals surface area contributed by atoms with E-state index in [1.165, 1.54) is 0 Å². The van der Waals surface area contributed by atoms with Crippen LogP contribution in [0.1, 0.15) is 30.8 Å². The van der Waals surface area contributed by atoms with Gasteiger partial charge in [0.1, 0.15) is 28.4 Å². The zero-order valence-corrected chi connectivity index (χ0v) is 16.6. The van der Waals surface area contributed by atoms with Crippen LogP contribution in [0.4, 0.5) is 5.82 Å². The Morgan fingerprint density at radius 1 is 1.21 bits per heavy atom. The molecule has 3 rings (SSSR count). The normalized spacial score (nSPS) is 12.6. The van der Waals surface area contributed by atoms with Crippen LogP contribution >= 0.6 is 0 Å². The number of pyridine rings is 2. The molecule has 0 aliphatic carbocycles. The van der Waals surface area contributed by atoms with E-state index in [9.17, 15) is 5.11 Å². The predicted octanol–water partition coefficient (Wildman–Crippen LogP) is 2.38. The van der Waals surface area contributed by atoms with Crippen molar-refractivity contribution in [2.45, 2.75) is 26.0 Å². The maximum absolute atomic E-state index is 10.1. The van der Waals surface area contributed by atoms with Crippen molar-refractivity contribution in [1.82, 2.24) is 9.97 Å². The zero-order valence-electron chi connectivity index (χ0n) is 16.6. The van der Waals surface area contributed by atoms with Gasteiger partial charge in [-0.1, -0.05) is 18.2 Å². The molecule has 0 bridgehead atoms. The molecule has 5 N–H and O–H groups in total. The molecule has 0 aliphatic rings. The standard InChI is InChI=1S/C21H24N6O2/c1-21(2,28)18-9-4-6-13(25-18)11-24-12-16(27-23)15-10-19(22)26-20-14(15)7-5-8-17(20)29-3/h4-10,12,28H,11,23H2,1-3H3,(H2,22,26). The number of rotatable bonds is 6. The van der Waals surface area contributed by atoms with Crippen LogP contribution in [0.3, 0.4) is 0 Å². The van der Waals surface area contributed by atoms with E-state index in [4.69, 9.17) is 16.3 Å². The minimum absolute atomic E-state index is 0.310. The van der Waals surface area contributed by atoms with Gasteiger partial charge >= 0.3 is 0 Å². The third-order valence-electron chi connectivity index (χ3n) is 4.36. The molecule has 150 valence electrons. The summed E-state index contributed by atoms with van der Waals surface area (Å²) in [7, 11) is 1.58. The highest BCUT2D eigenvalue weighted by Crippen LogP contribution is 2.28. The third kappa shape index (κ3) is 4.49. The van der Waals surface area contributed by atoms with Crippen LogP contribution in [-0.2, 0) is 12.1 Å². The van der Waals surface area contributed by atoms with Gasteiger partial charge in [-0.25, -0.2) is 4.98 Å². The number of aliphatic hydroxyl groups is 1. The van der Waals surface area contributed by atoms with Crippen LogP contribution in [0.15, 0.2) is 52.6 Å². The van der Waals surface area contributed by atoms with E-state index < -0.39 is 5.60 Å². The molecule has 8 heteroatoms. The van der Waals surface area contributed by atoms with Crippen molar-refractivity contribution in [3.05, 3.63) is 59.4 Å². The molecule has 1 aromatic carbocycles. The van der Waals surface area contributed by atoms with Crippen LogP contribution in [-0.4, -0.2) is 34.1 Å². The van der Waals surface area contributed by atoms with Crippen LogP contribution in [0.2, 0.25) is 0 Å². The molecule has 0 amide bonds. The van der Waals surface area contributed by atoms with Crippen molar-refractivity contribution in [3.8, 4) is 5.75 Å². The lowest BCUT2D eigenvalue weighted by Crippen LogP contribution is -2.18. The van der Waals surface area contributed by atoms with Crippen molar-refractivity contribution in [2.24, 2.45) is 15.9 Å². The van der Waals surface area contributed by atoms with Crippen LogP contribution < -0.4 is 16.3 Å². The fourth-order valence-electron chi connectivity index (χ4n) is 2.93. The average Bonchev–Trinajstić information content (AvgIpc) is 2.70. The number of hydrogen-bond donors (Lipinski definition) is 3. The van der Waals surface area contributed by atoms with Crippen LogP contribution in [0, 0.1) is 0 Å². The Balaban J connectivity index is 1.92. The minimum atomic E-state index is -1.02. The summed E-state index contributed by atoms with van der Waals surface area (Å²) in [6.45, 7) is 3.69. The molecule has 29 heavy (non-hydrogen) atoms. The largest absolute Gasteiger partial charge is 0.494 e. The van der Waals surface area contributed by atoms with Gasteiger partial charge < -0.3 is 21.4 Å². The fraction of sp³-hybridized carbons (Fsp3) is 0.238. The number of nitrogens with zero attached hydrogens (tertiary/aromatic N) is 4. The van der Waals surface area contributed by atoms with Gasteiger partial charge in [-0.05, 0) is 38.1 Å². The quantitative estimate of drug-likeness (QED) is 0.335. The Bertz CT molecular complexity index is 1090. The summed E-state index contributed by atoms with van der Waals surface area (Å²) >= 11 is 0. The highest BCUT2D eigenvalue weighted by molar-refractivity contribution is 6.40. The summed E-state index contributed by atoms with van der Waals surface area (Å²) in [5.41, 5.74) is 8.04. The van der Waals surface area contributed by atoms with Gasteiger partial charge in [0.05, 0.1) is 25.0 Å². The molecule has 0 spiro atoms. The summed E-state index contributed by atoms with van der Waals surface area (Å²) in [4.78, 5) is 13.2. The number of anilines is 1. The zero-order chi connectivity index (χ0) is 21.0. The van der Waals surface area contributed by atoms with E-state index in [1.54, 1.807) is 39.3 Å². The van der Waals surface area contributed by atoms with Crippen molar-refractivity contribution < 1.29 is 9.84 Å². The topological polar surface area (TPSA) is 132 Å². The highest BCUT2D eigenvalue weighted by atomic mass is 16.5. The first-order chi connectivity index (χ1) is 13.8. The van der Waals surface area contributed by atoms with Crippen LogP contribution in [0.5, 0.6) is 5.75 Å². The first-order valence-electron chi connectivity index (χ1n) is 9.03. The smallest absolute Gasteiger partial charge is 0.145 e. The van der Waals surface area contributed by atoms with E-state index >= 15 is 0 Å². The molecule has 8 nitrogen and oxygen atoms in total. The Labute approximate surface area is 169 Å². The van der Waals surface area contributed by atoms with Crippen molar-refractivity contribution >= 4 is 28.6 Å². The van der Waals surface area contributed by atoms with E-state index in [0.29, 0.717) is 40.6 Å². The Morgan fingerprint density at radius 3 is 2.66 bits per heavy atom. The van der Waals surface area contributed by atoms with E-state index in [0.717, 1.165) is 11.1 Å². The fourth-order valence-corrected chi connectivity index (χ4v) is 2.93.